The molecule has 3 N–H and O–H groups in total. The Balaban J connectivity index is 2.80. The summed E-state index contributed by atoms with van der Waals surface area (Å²) in [5, 5.41) is 3.16. The maximum absolute atomic E-state index is 5.73. The number of nitrogens with two attached hydrogens (primary N) is 1. The molecule has 0 radical (unpaired) electrons. The van der Waals surface area contributed by atoms with E-state index in [-0.39, 0.29) is 0 Å². The van der Waals surface area contributed by atoms with Gasteiger partial charge in [-0.3, -0.25) is 0 Å². The second kappa shape index (κ2) is 7.31. The molecule has 0 aliphatic heterocycles. The Morgan fingerprint density at radius 2 is 2.22 bits per heavy atom. The topological polar surface area (TPSA) is 67.1 Å². The van der Waals surface area contributed by atoms with Gasteiger partial charge in [-0.1, -0.05) is 0 Å². The molecular formula is C12H23N5S. The minimum Gasteiger partial charge on any atom is -0.370 e. The molecule has 1 rings (SSSR count). The molecule has 1 unspecified atom stereocenters. The van der Waals surface area contributed by atoms with Gasteiger partial charge in [0.25, 0.3) is 0 Å². The van der Waals surface area contributed by atoms with E-state index < -0.39 is 0 Å². The first-order chi connectivity index (χ1) is 8.58. The van der Waals surface area contributed by atoms with Crippen LogP contribution in [0.1, 0.15) is 20.3 Å². The van der Waals surface area contributed by atoms with Crippen molar-refractivity contribution in [3.63, 3.8) is 0 Å². The highest BCUT2D eigenvalue weighted by Crippen LogP contribution is 2.19. The summed E-state index contributed by atoms with van der Waals surface area (Å²) in [6.45, 7) is 5.05. The number of nitrogens with zero attached hydrogens (tertiary/aromatic N) is 3. The molecule has 0 spiro atoms. The number of hydrogen-bond acceptors (Lipinski definition) is 6. The highest BCUT2D eigenvalue weighted by molar-refractivity contribution is 7.98. The lowest BCUT2D eigenvalue weighted by molar-refractivity contribution is 0.662. The molecular weight excluding hydrogens is 246 g/mol. The summed E-state index contributed by atoms with van der Waals surface area (Å²) >= 11 is 1.86. The number of anilines is 3. The number of aromatic nitrogens is 2. The van der Waals surface area contributed by atoms with Crippen molar-refractivity contribution in [1.29, 1.82) is 0 Å². The minimum absolute atomic E-state index is 0.312. The summed E-state index contributed by atoms with van der Waals surface area (Å²) < 4.78 is 0. The van der Waals surface area contributed by atoms with Crippen LogP contribution in [0.3, 0.4) is 0 Å². The fraction of sp³-hybridized carbons (Fsp3) is 0.667. The molecule has 0 saturated carbocycles. The Kier molecular flexibility index (Phi) is 6.04. The summed E-state index contributed by atoms with van der Waals surface area (Å²) in [6.07, 6.45) is 3.25. The summed E-state index contributed by atoms with van der Waals surface area (Å²) in [5.74, 6) is 3.11. The lowest BCUT2D eigenvalue weighted by Crippen LogP contribution is -2.30. The van der Waals surface area contributed by atoms with Crippen LogP contribution in [0.15, 0.2) is 6.07 Å². The number of hydrogen-bond donors (Lipinski definition) is 2. The highest BCUT2D eigenvalue weighted by atomic mass is 32.2. The van der Waals surface area contributed by atoms with Crippen molar-refractivity contribution in [3.05, 3.63) is 6.07 Å². The van der Waals surface area contributed by atoms with Crippen molar-refractivity contribution in [3.8, 4) is 0 Å². The lowest BCUT2D eigenvalue weighted by atomic mass is 10.2. The molecule has 0 saturated heterocycles. The number of thioether (sulfide) groups is 1. The van der Waals surface area contributed by atoms with Crippen LogP contribution >= 0.6 is 11.8 Å². The second-order valence-electron chi connectivity index (χ2n) is 4.24. The van der Waals surface area contributed by atoms with Crippen LogP contribution in [0.4, 0.5) is 17.6 Å². The van der Waals surface area contributed by atoms with Gasteiger partial charge in [-0.05, 0) is 32.3 Å². The van der Waals surface area contributed by atoms with E-state index in [1.54, 1.807) is 0 Å². The number of nitrogens with one attached hydrogen (secondary N) is 1. The quantitative estimate of drug-likeness (QED) is 0.790. The van der Waals surface area contributed by atoms with E-state index in [4.69, 9.17) is 5.73 Å². The fourth-order valence-electron chi connectivity index (χ4n) is 1.61. The van der Waals surface area contributed by atoms with Crippen LogP contribution in [0.25, 0.3) is 0 Å². The first-order valence-electron chi connectivity index (χ1n) is 6.18. The van der Waals surface area contributed by atoms with Crippen LogP contribution in [0.2, 0.25) is 0 Å². The molecule has 0 bridgehead atoms. The summed E-state index contributed by atoms with van der Waals surface area (Å²) in [7, 11) is 2.04. The molecule has 0 aromatic carbocycles. The Labute approximate surface area is 114 Å². The van der Waals surface area contributed by atoms with Crippen LogP contribution in [0, 0.1) is 0 Å². The Morgan fingerprint density at radius 1 is 1.50 bits per heavy atom. The van der Waals surface area contributed by atoms with Gasteiger partial charge in [0.15, 0.2) is 0 Å². The molecule has 102 valence electrons. The molecule has 1 atom stereocenters. The molecule has 1 heterocycles. The van der Waals surface area contributed by atoms with Gasteiger partial charge in [0.05, 0.1) is 0 Å². The first kappa shape index (κ1) is 14.9. The van der Waals surface area contributed by atoms with Crippen LogP contribution < -0.4 is 16.0 Å². The zero-order valence-corrected chi connectivity index (χ0v) is 12.4. The van der Waals surface area contributed by atoms with Crippen molar-refractivity contribution in [1.82, 2.24) is 9.97 Å². The van der Waals surface area contributed by atoms with Crippen LogP contribution in [-0.4, -0.2) is 41.6 Å². The Bertz CT molecular complexity index is 371. The fourth-order valence-corrected chi connectivity index (χ4v) is 2.19. The van der Waals surface area contributed by atoms with E-state index in [9.17, 15) is 0 Å². The number of nitrogen functional groups attached to an aromatic ring is 1. The van der Waals surface area contributed by atoms with Gasteiger partial charge in [0.1, 0.15) is 11.6 Å². The maximum Gasteiger partial charge on any atom is 0.223 e. The first-order valence-corrected chi connectivity index (χ1v) is 7.58. The minimum atomic E-state index is 0.312. The lowest BCUT2D eigenvalue weighted by Gasteiger charge is -2.26. The van der Waals surface area contributed by atoms with Gasteiger partial charge in [0.2, 0.25) is 5.95 Å². The van der Waals surface area contributed by atoms with Crippen LogP contribution in [-0.2, 0) is 0 Å². The third-order valence-electron chi connectivity index (χ3n) is 2.85. The van der Waals surface area contributed by atoms with E-state index in [0.29, 0.717) is 12.0 Å². The van der Waals surface area contributed by atoms with Gasteiger partial charge >= 0.3 is 0 Å². The molecule has 1 aromatic rings. The van der Waals surface area contributed by atoms with E-state index in [0.717, 1.165) is 30.4 Å². The predicted octanol–water partition coefficient (Wildman–Crippen LogP) is 2.07. The average Bonchev–Trinajstić information content (AvgIpc) is 2.34. The maximum atomic E-state index is 5.73. The smallest absolute Gasteiger partial charge is 0.223 e. The largest absolute Gasteiger partial charge is 0.370 e. The van der Waals surface area contributed by atoms with Gasteiger partial charge in [0, 0.05) is 25.7 Å². The van der Waals surface area contributed by atoms with Crippen molar-refractivity contribution >= 4 is 29.3 Å². The van der Waals surface area contributed by atoms with Gasteiger partial charge in [-0.25, -0.2) is 0 Å². The van der Waals surface area contributed by atoms with E-state index in [1.165, 1.54) is 0 Å². The van der Waals surface area contributed by atoms with Crippen molar-refractivity contribution in [2.45, 2.75) is 26.3 Å². The Morgan fingerprint density at radius 3 is 2.83 bits per heavy atom. The average molecular weight is 269 g/mol. The van der Waals surface area contributed by atoms with Crippen LogP contribution in [0.5, 0.6) is 0 Å². The molecule has 18 heavy (non-hydrogen) atoms. The van der Waals surface area contributed by atoms with Gasteiger partial charge in [-0.2, -0.15) is 21.7 Å². The summed E-state index contributed by atoms with van der Waals surface area (Å²) in [4.78, 5) is 10.6. The molecule has 1 aromatic heterocycles. The third kappa shape index (κ3) is 4.25. The molecule has 5 nitrogen and oxygen atoms in total. The second-order valence-corrected chi connectivity index (χ2v) is 5.23. The SMILES string of the molecule is CCNc1cc(N(C)C(C)CCSC)nc(N)n1. The van der Waals surface area contributed by atoms with Gasteiger partial charge in [-0.15, -0.1) is 0 Å². The van der Waals surface area contributed by atoms with E-state index >= 15 is 0 Å². The predicted molar refractivity (Wildman–Crippen MR) is 81.5 cm³/mol. The summed E-state index contributed by atoms with van der Waals surface area (Å²) in [5.41, 5.74) is 5.73. The monoisotopic (exact) mass is 269 g/mol. The molecule has 6 heteroatoms. The molecule has 0 aliphatic carbocycles. The van der Waals surface area contributed by atoms with Crippen molar-refractivity contribution in [2.24, 2.45) is 0 Å². The zero-order valence-electron chi connectivity index (χ0n) is 11.6. The number of rotatable bonds is 7. The van der Waals surface area contributed by atoms with E-state index in [1.807, 2.05) is 31.8 Å². The Hall–Kier alpha value is -1.17. The zero-order chi connectivity index (χ0) is 13.5. The van der Waals surface area contributed by atoms with Gasteiger partial charge < -0.3 is 16.0 Å². The molecule has 0 amide bonds. The normalized spacial score (nSPS) is 12.2. The molecule has 0 aliphatic rings. The van der Waals surface area contributed by atoms with E-state index in [2.05, 4.69) is 33.4 Å². The van der Waals surface area contributed by atoms with Crippen molar-refractivity contribution in [2.75, 3.05) is 41.6 Å². The molecule has 0 fully saturated rings. The van der Waals surface area contributed by atoms with Crippen molar-refractivity contribution < 1.29 is 0 Å². The highest BCUT2D eigenvalue weighted by Gasteiger charge is 2.12. The standard InChI is InChI=1S/C12H23N5S/c1-5-14-10-8-11(16-12(13)15-10)17(3)9(2)6-7-18-4/h8-9H,5-7H2,1-4H3,(H3,13,14,15,16). The summed E-state index contributed by atoms with van der Waals surface area (Å²) in [6, 6.07) is 2.37. The third-order valence-corrected chi connectivity index (χ3v) is 3.49.